The van der Waals surface area contributed by atoms with Crippen LogP contribution in [0.5, 0.6) is 0 Å². The van der Waals surface area contributed by atoms with Gasteiger partial charge in [-0.15, -0.1) is 0 Å². The second kappa shape index (κ2) is 17.3. The molecule has 7 nitrogen and oxygen atoms in total. The zero-order chi connectivity index (χ0) is 33.8. The number of halogens is 3. The van der Waals surface area contributed by atoms with Crippen molar-refractivity contribution < 1.29 is 26.4 Å². The molecule has 2 fully saturated rings. The van der Waals surface area contributed by atoms with Gasteiger partial charge in [-0.25, -0.2) is 8.42 Å². The van der Waals surface area contributed by atoms with E-state index in [0.29, 0.717) is 19.0 Å². The Hall–Kier alpha value is -3.44. The zero-order valence-electron chi connectivity index (χ0n) is 27.4. The molecule has 2 aliphatic rings. The van der Waals surface area contributed by atoms with Gasteiger partial charge in [-0.3, -0.25) is 9.78 Å². The van der Waals surface area contributed by atoms with Crippen molar-refractivity contribution in [3.63, 3.8) is 0 Å². The van der Waals surface area contributed by atoms with Crippen LogP contribution in [0.25, 0.3) is 0 Å². The Morgan fingerprint density at radius 3 is 2.07 bits per heavy atom. The van der Waals surface area contributed by atoms with Gasteiger partial charge in [-0.1, -0.05) is 57.2 Å². The van der Waals surface area contributed by atoms with Crippen LogP contribution in [0.1, 0.15) is 55.9 Å². The van der Waals surface area contributed by atoms with Crippen molar-refractivity contribution in [2.24, 2.45) is 5.92 Å². The summed E-state index contributed by atoms with van der Waals surface area (Å²) in [4.78, 5) is 19.0. The largest absolute Gasteiger partial charge is 0.386 e. The monoisotopic (exact) mass is 648 g/mol. The van der Waals surface area contributed by atoms with E-state index in [4.69, 9.17) is 0 Å². The highest BCUT2D eigenvalue weighted by Gasteiger charge is 2.38. The van der Waals surface area contributed by atoms with Crippen LogP contribution in [0.3, 0.4) is 0 Å². The molecule has 5 rings (SSSR count). The number of amides is 1. The molecule has 0 N–H and O–H groups in total. The minimum Gasteiger partial charge on any atom is -0.368 e. The van der Waals surface area contributed by atoms with Crippen LogP contribution in [0.15, 0.2) is 71.9 Å². The second-order valence-corrected chi connectivity index (χ2v) is 13.1. The van der Waals surface area contributed by atoms with E-state index in [1.807, 2.05) is 30.9 Å². The molecule has 0 saturated carbocycles. The maximum atomic E-state index is 12.7. The van der Waals surface area contributed by atoms with Gasteiger partial charge in [0, 0.05) is 70.2 Å². The average molecular weight is 649 g/mol. The molecular weight excluding hydrogens is 601 g/mol. The van der Waals surface area contributed by atoms with Gasteiger partial charge >= 0.3 is 6.18 Å². The SMILES string of the molecule is CC.CC(F)(F)F.Cc1ccc(C)c(N2CCN(C=O)CC2)c1.Cc1ccccc1C1CN(S(=O)(=O)c2cccnc2)CC1C. The topological polar surface area (TPSA) is 73.8 Å². The molecule has 45 heavy (non-hydrogen) atoms. The number of sulfonamides is 1. The third-order valence-corrected chi connectivity index (χ3v) is 9.42. The molecule has 0 bridgehead atoms. The van der Waals surface area contributed by atoms with E-state index in [1.165, 1.54) is 34.1 Å². The Morgan fingerprint density at radius 1 is 0.889 bits per heavy atom. The molecule has 1 amide bonds. The van der Waals surface area contributed by atoms with Gasteiger partial charge in [0.1, 0.15) is 4.90 Å². The Kier molecular flexibility index (Phi) is 14.5. The number of alkyl halides is 3. The van der Waals surface area contributed by atoms with E-state index in [0.717, 1.165) is 32.6 Å². The normalized spacial score (nSPS) is 18.4. The number of aromatic nitrogens is 1. The summed E-state index contributed by atoms with van der Waals surface area (Å²) in [6, 6.07) is 18.0. The molecule has 2 unspecified atom stereocenters. The minimum absolute atomic E-state index is 0.188. The zero-order valence-corrected chi connectivity index (χ0v) is 28.2. The lowest BCUT2D eigenvalue weighted by molar-refractivity contribution is -0.118. The van der Waals surface area contributed by atoms with Crippen molar-refractivity contribution in [2.45, 2.75) is 65.5 Å². The number of aryl methyl sites for hydroxylation is 3. The van der Waals surface area contributed by atoms with E-state index >= 15 is 0 Å². The molecule has 2 aliphatic heterocycles. The quantitative estimate of drug-likeness (QED) is 0.279. The minimum atomic E-state index is -4.00. The Labute approximate surface area is 267 Å². The molecule has 0 aliphatic carbocycles. The van der Waals surface area contributed by atoms with Crippen molar-refractivity contribution in [3.05, 3.63) is 89.2 Å². The van der Waals surface area contributed by atoms with Crippen molar-refractivity contribution >= 4 is 22.1 Å². The standard InChI is InChI=1S/C17H20N2O2S.C13H18N2O.C2H3F3.C2H6/c1-13-6-3-4-8-16(13)17-12-19(11-14(17)2)22(20,21)15-7-5-9-18-10-15;1-11-3-4-12(2)13(9-11)15-7-5-14(10-16)6-8-15;1-2(3,4)5;1-2/h3-10,14,17H,11-12H2,1-2H3;3-4,9-10H,5-8H2,1-2H3;1H3;1-2H3. The van der Waals surface area contributed by atoms with Gasteiger partial charge in [0.15, 0.2) is 0 Å². The number of piperazine rings is 1. The van der Waals surface area contributed by atoms with Crippen LogP contribution in [-0.2, 0) is 14.8 Å². The number of nitrogens with zero attached hydrogens (tertiary/aromatic N) is 4. The maximum Gasteiger partial charge on any atom is 0.386 e. The number of pyridine rings is 1. The molecule has 0 radical (unpaired) electrons. The first-order chi connectivity index (χ1) is 21.2. The lowest BCUT2D eigenvalue weighted by Gasteiger charge is -2.35. The summed E-state index contributed by atoms with van der Waals surface area (Å²) in [7, 11) is -3.45. The van der Waals surface area contributed by atoms with Crippen molar-refractivity contribution in [1.82, 2.24) is 14.2 Å². The van der Waals surface area contributed by atoms with Crippen LogP contribution in [-0.4, -0.2) is 74.5 Å². The summed E-state index contributed by atoms with van der Waals surface area (Å²) in [6.07, 6.45) is -0.0523. The summed E-state index contributed by atoms with van der Waals surface area (Å²) in [5.41, 5.74) is 6.38. The summed E-state index contributed by atoms with van der Waals surface area (Å²) in [5, 5.41) is 0. The highest BCUT2D eigenvalue weighted by Crippen LogP contribution is 2.36. The number of benzene rings is 2. The third-order valence-electron chi connectivity index (χ3n) is 7.61. The fourth-order valence-electron chi connectivity index (χ4n) is 5.30. The maximum absolute atomic E-state index is 12.7. The lowest BCUT2D eigenvalue weighted by atomic mass is 9.88. The molecule has 2 atom stereocenters. The predicted molar refractivity (Wildman–Crippen MR) is 175 cm³/mol. The van der Waals surface area contributed by atoms with Crippen molar-refractivity contribution in [1.29, 1.82) is 0 Å². The van der Waals surface area contributed by atoms with Gasteiger partial charge in [0.2, 0.25) is 16.4 Å². The molecule has 11 heteroatoms. The molecule has 1 aromatic heterocycles. The second-order valence-electron chi connectivity index (χ2n) is 11.2. The molecule has 3 aromatic rings. The van der Waals surface area contributed by atoms with E-state index < -0.39 is 16.2 Å². The summed E-state index contributed by atoms with van der Waals surface area (Å²) >= 11 is 0. The van der Waals surface area contributed by atoms with Crippen LogP contribution in [0.4, 0.5) is 18.9 Å². The predicted octanol–water partition coefficient (Wildman–Crippen LogP) is 6.99. The number of hydrogen-bond donors (Lipinski definition) is 0. The Balaban J connectivity index is 0.000000269. The van der Waals surface area contributed by atoms with Crippen LogP contribution >= 0.6 is 0 Å². The van der Waals surface area contributed by atoms with E-state index in [1.54, 1.807) is 22.6 Å². The van der Waals surface area contributed by atoms with E-state index in [2.05, 4.69) is 67.9 Å². The van der Waals surface area contributed by atoms with Gasteiger partial charge in [0.25, 0.3) is 0 Å². The highest BCUT2D eigenvalue weighted by atomic mass is 32.2. The number of hydrogen-bond acceptors (Lipinski definition) is 5. The number of anilines is 1. The third kappa shape index (κ3) is 11.5. The smallest absolute Gasteiger partial charge is 0.368 e. The van der Waals surface area contributed by atoms with Crippen LogP contribution < -0.4 is 4.90 Å². The van der Waals surface area contributed by atoms with Gasteiger partial charge < -0.3 is 9.80 Å². The lowest BCUT2D eigenvalue weighted by Crippen LogP contribution is -2.45. The molecule has 3 heterocycles. The summed E-state index contributed by atoms with van der Waals surface area (Å²) < 4.78 is 58.1. The molecule has 248 valence electrons. The summed E-state index contributed by atoms with van der Waals surface area (Å²) in [6.45, 7) is 17.3. The summed E-state index contributed by atoms with van der Waals surface area (Å²) in [5.74, 6) is 0.542. The van der Waals surface area contributed by atoms with E-state index in [-0.39, 0.29) is 17.7 Å². The van der Waals surface area contributed by atoms with E-state index in [9.17, 15) is 26.4 Å². The average Bonchev–Trinajstić information content (AvgIpc) is 3.41. The fourth-order valence-corrected chi connectivity index (χ4v) is 6.83. The Morgan fingerprint density at radius 2 is 1.51 bits per heavy atom. The molecule has 2 aromatic carbocycles. The number of rotatable bonds is 5. The number of carbonyl (C=O) groups is 1. The molecule has 0 spiro atoms. The highest BCUT2D eigenvalue weighted by molar-refractivity contribution is 7.89. The van der Waals surface area contributed by atoms with Crippen LogP contribution in [0.2, 0.25) is 0 Å². The van der Waals surface area contributed by atoms with Crippen LogP contribution in [0, 0.1) is 26.7 Å². The first-order valence-corrected chi connectivity index (χ1v) is 16.7. The first-order valence-electron chi connectivity index (χ1n) is 15.2. The van der Waals surface area contributed by atoms with Gasteiger partial charge in [-0.2, -0.15) is 17.5 Å². The number of carbonyl (C=O) groups excluding carboxylic acids is 1. The fraction of sp³-hybridized carbons (Fsp3) is 0.471. The van der Waals surface area contributed by atoms with Gasteiger partial charge in [-0.05, 0) is 67.1 Å². The van der Waals surface area contributed by atoms with Gasteiger partial charge in [0.05, 0.1) is 0 Å². The van der Waals surface area contributed by atoms with Crippen molar-refractivity contribution in [3.8, 4) is 0 Å². The Bertz CT molecular complexity index is 1440. The van der Waals surface area contributed by atoms with Crippen molar-refractivity contribution in [2.75, 3.05) is 44.2 Å². The molecule has 2 saturated heterocycles. The first kappa shape index (κ1) is 37.7. The molecular formula is C34H47F3N4O3S.